The lowest BCUT2D eigenvalue weighted by atomic mass is 10.1. The van der Waals surface area contributed by atoms with Crippen molar-refractivity contribution in [1.29, 1.82) is 5.26 Å². The van der Waals surface area contributed by atoms with Crippen molar-refractivity contribution in [3.63, 3.8) is 0 Å². The fourth-order valence-corrected chi connectivity index (χ4v) is 3.71. The predicted molar refractivity (Wildman–Crippen MR) is 66.9 cm³/mol. The molecule has 0 spiro atoms. The Bertz CT molecular complexity index is 369. The molecule has 1 heterocycles. The summed E-state index contributed by atoms with van der Waals surface area (Å²) < 4.78 is 26.0. The standard InChI is InChI=1S/C11H21N3O2S/c1-3-8-14(11-4-6-13-7-5-11)17(15,16)10(2)9-12/h10-11,13H,3-8H2,1-2H3. The van der Waals surface area contributed by atoms with E-state index in [1.54, 1.807) is 4.31 Å². The van der Waals surface area contributed by atoms with Crippen LogP contribution in [0.5, 0.6) is 0 Å². The average Bonchev–Trinajstić information content (AvgIpc) is 2.35. The van der Waals surface area contributed by atoms with E-state index < -0.39 is 15.3 Å². The average molecular weight is 259 g/mol. The van der Waals surface area contributed by atoms with Gasteiger partial charge in [0.2, 0.25) is 10.0 Å². The highest BCUT2D eigenvalue weighted by Gasteiger charge is 2.34. The summed E-state index contributed by atoms with van der Waals surface area (Å²) in [6.07, 6.45) is 2.44. The van der Waals surface area contributed by atoms with Gasteiger partial charge >= 0.3 is 0 Å². The van der Waals surface area contributed by atoms with Crippen molar-refractivity contribution in [3.8, 4) is 6.07 Å². The molecule has 1 rings (SSSR count). The van der Waals surface area contributed by atoms with Gasteiger partial charge in [0.05, 0.1) is 6.07 Å². The van der Waals surface area contributed by atoms with E-state index in [-0.39, 0.29) is 6.04 Å². The van der Waals surface area contributed by atoms with E-state index in [9.17, 15) is 8.42 Å². The van der Waals surface area contributed by atoms with Crippen molar-refractivity contribution in [3.05, 3.63) is 0 Å². The van der Waals surface area contributed by atoms with Gasteiger partial charge in [0.25, 0.3) is 0 Å². The Balaban J connectivity index is 2.88. The second kappa shape index (κ2) is 6.34. The van der Waals surface area contributed by atoms with Gasteiger partial charge in [-0.05, 0) is 39.3 Å². The van der Waals surface area contributed by atoms with Crippen molar-refractivity contribution in [2.75, 3.05) is 19.6 Å². The van der Waals surface area contributed by atoms with Crippen LogP contribution >= 0.6 is 0 Å². The van der Waals surface area contributed by atoms with Crippen molar-refractivity contribution in [2.45, 2.75) is 44.4 Å². The fraction of sp³-hybridized carbons (Fsp3) is 0.909. The molecule has 17 heavy (non-hydrogen) atoms. The van der Waals surface area contributed by atoms with Gasteiger partial charge in [-0.1, -0.05) is 6.92 Å². The third-order valence-electron chi connectivity index (χ3n) is 3.12. The molecule has 98 valence electrons. The summed E-state index contributed by atoms with van der Waals surface area (Å²) >= 11 is 0. The van der Waals surface area contributed by atoms with Crippen LogP contribution in [-0.2, 0) is 10.0 Å². The number of sulfonamides is 1. The molecule has 0 bridgehead atoms. The first kappa shape index (κ1) is 14.4. The number of nitriles is 1. The molecular weight excluding hydrogens is 238 g/mol. The van der Waals surface area contributed by atoms with Gasteiger partial charge in [-0.3, -0.25) is 0 Å². The smallest absolute Gasteiger partial charge is 0.230 e. The van der Waals surface area contributed by atoms with Crippen LogP contribution in [0.1, 0.15) is 33.1 Å². The van der Waals surface area contributed by atoms with E-state index in [1.807, 2.05) is 13.0 Å². The molecule has 1 N–H and O–H groups in total. The summed E-state index contributed by atoms with van der Waals surface area (Å²) in [5.74, 6) is 0. The molecule has 0 aromatic rings. The number of nitrogens with zero attached hydrogens (tertiary/aromatic N) is 2. The zero-order chi connectivity index (χ0) is 12.9. The van der Waals surface area contributed by atoms with E-state index in [4.69, 9.17) is 5.26 Å². The van der Waals surface area contributed by atoms with Crippen LogP contribution < -0.4 is 5.32 Å². The van der Waals surface area contributed by atoms with Crippen LogP contribution in [0.15, 0.2) is 0 Å². The molecule has 0 radical (unpaired) electrons. The van der Waals surface area contributed by atoms with Crippen molar-refractivity contribution in [1.82, 2.24) is 9.62 Å². The van der Waals surface area contributed by atoms with Gasteiger partial charge in [0.1, 0.15) is 0 Å². The summed E-state index contributed by atoms with van der Waals surface area (Å²) in [7, 11) is -3.47. The number of rotatable bonds is 5. The van der Waals surface area contributed by atoms with Crippen LogP contribution in [0.3, 0.4) is 0 Å². The second-order valence-corrected chi connectivity index (χ2v) is 6.61. The molecule has 0 aromatic heterocycles. The lowest BCUT2D eigenvalue weighted by molar-refractivity contribution is 0.261. The van der Waals surface area contributed by atoms with E-state index in [2.05, 4.69) is 5.32 Å². The maximum atomic E-state index is 12.2. The largest absolute Gasteiger partial charge is 0.317 e. The Morgan fingerprint density at radius 3 is 2.53 bits per heavy atom. The van der Waals surface area contributed by atoms with Gasteiger partial charge in [-0.15, -0.1) is 0 Å². The second-order valence-electron chi connectivity index (χ2n) is 4.41. The van der Waals surface area contributed by atoms with Crippen LogP contribution in [0, 0.1) is 11.3 Å². The van der Waals surface area contributed by atoms with Gasteiger partial charge in [-0.25, -0.2) is 8.42 Å². The maximum absolute atomic E-state index is 12.2. The van der Waals surface area contributed by atoms with E-state index >= 15 is 0 Å². The van der Waals surface area contributed by atoms with E-state index in [0.29, 0.717) is 6.54 Å². The molecule has 1 fully saturated rings. The number of nitrogens with one attached hydrogen (secondary N) is 1. The molecule has 5 nitrogen and oxygen atoms in total. The van der Waals surface area contributed by atoms with Crippen molar-refractivity contribution < 1.29 is 8.42 Å². The maximum Gasteiger partial charge on any atom is 0.230 e. The monoisotopic (exact) mass is 259 g/mol. The Kier molecular flexibility index (Phi) is 5.37. The number of hydrogen-bond donors (Lipinski definition) is 1. The minimum atomic E-state index is -3.47. The molecule has 1 aliphatic rings. The molecule has 0 aromatic carbocycles. The Morgan fingerprint density at radius 1 is 1.47 bits per heavy atom. The number of piperidine rings is 1. The summed E-state index contributed by atoms with van der Waals surface area (Å²) in [6, 6.07) is 1.89. The molecule has 0 saturated carbocycles. The molecule has 1 atom stereocenters. The number of hydrogen-bond acceptors (Lipinski definition) is 4. The molecule has 0 amide bonds. The minimum absolute atomic E-state index is 0.0528. The normalized spacial score (nSPS) is 20.1. The zero-order valence-corrected chi connectivity index (χ0v) is 11.3. The first-order valence-electron chi connectivity index (χ1n) is 6.15. The lowest BCUT2D eigenvalue weighted by Crippen LogP contribution is -2.48. The van der Waals surface area contributed by atoms with Crippen LogP contribution in [0.2, 0.25) is 0 Å². The summed E-state index contributed by atoms with van der Waals surface area (Å²) in [4.78, 5) is 0. The summed E-state index contributed by atoms with van der Waals surface area (Å²) in [5.41, 5.74) is 0. The first-order chi connectivity index (χ1) is 8.04. The highest BCUT2D eigenvalue weighted by Crippen LogP contribution is 2.19. The van der Waals surface area contributed by atoms with E-state index in [0.717, 1.165) is 32.4 Å². The van der Waals surface area contributed by atoms with Crippen molar-refractivity contribution >= 4 is 10.0 Å². The Labute approximate surface area is 104 Å². The van der Waals surface area contributed by atoms with Crippen LogP contribution in [0.25, 0.3) is 0 Å². The third kappa shape index (κ3) is 3.41. The minimum Gasteiger partial charge on any atom is -0.317 e. The topological polar surface area (TPSA) is 73.2 Å². The molecule has 0 aliphatic carbocycles. The quantitative estimate of drug-likeness (QED) is 0.788. The summed E-state index contributed by atoms with van der Waals surface area (Å²) in [5, 5.41) is 11.1. The zero-order valence-electron chi connectivity index (χ0n) is 10.5. The van der Waals surface area contributed by atoms with Gasteiger partial charge in [0.15, 0.2) is 5.25 Å². The Hall–Kier alpha value is -0.640. The highest BCUT2D eigenvalue weighted by atomic mass is 32.2. The molecule has 6 heteroatoms. The predicted octanol–water partition coefficient (Wildman–Crippen LogP) is 0.692. The summed E-state index contributed by atoms with van der Waals surface area (Å²) in [6.45, 7) is 5.63. The molecular formula is C11H21N3O2S. The molecule has 1 aliphatic heterocycles. The molecule has 1 unspecified atom stereocenters. The van der Waals surface area contributed by atoms with Gasteiger partial charge in [0, 0.05) is 12.6 Å². The SMILES string of the molecule is CCCN(C1CCNCC1)S(=O)(=O)C(C)C#N. The van der Waals surface area contributed by atoms with Crippen molar-refractivity contribution in [2.24, 2.45) is 0 Å². The van der Waals surface area contributed by atoms with Gasteiger partial charge in [-0.2, -0.15) is 9.57 Å². The van der Waals surface area contributed by atoms with E-state index in [1.165, 1.54) is 6.92 Å². The third-order valence-corrected chi connectivity index (χ3v) is 5.25. The molecule has 1 saturated heterocycles. The highest BCUT2D eigenvalue weighted by molar-refractivity contribution is 7.90. The fourth-order valence-electron chi connectivity index (χ4n) is 2.10. The van der Waals surface area contributed by atoms with Crippen LogP contribution in [-0.4, -0.2) is 43.6 Å². The van der Waals surface area contributed by atoms with Gasteiger partial charge < -0.3 is 5.32 Å². The lowest BCUT2D eigenvalue weighted by Gasteiger charge is -2.34. The first-order valence-corrected chi connectivity index (χ1v) is 7.65. The van der Waals surface area contributed by atoms with Crippen LogP contribution in [0.4, 0.5) is 0 Å². The Morgan fingerprint density at radius 2 is 2.06 bits per heavy atom.